The molecule has 3 rings (SSSR count). The monoisotopic (exact) mass is 329 g/mol. The number of rotatable bonds is 4. The highest BCUT2D eigenvalue weighted by atomic mass is 32.2. The fourth-order valence-electron chi connectivity index (χ4n) is 1.98. The van der Waals surface area contributed by atoms with Gasteiger partial charge in [0.25, 0.3) is 5.56 Å². The summed E-state index contributed by atoms with van der Waals surface area (Å²) >= 11 is 1.19. The fourth-order valence-corrected chi connectivity index (χ4v) is 2.82. The number of nitrogens with zero attached hydrogens (tertiary/aromatic N) is 4. The number of H-pyrrole nitrogens is 1. The van der Waals surface area contributed by atoms with Gasteiger partial charge in [-0.1, -0.05) is 30.0 Å². The predicted octanol–water partition coefficient (Wildman–Crippen LogP) is 1.29. The minimum absolute atomic E-state index is 0.0469. The van der Waals surface area contributed by atoms with Crippen LogP contribution in [-0.4, -0.2) is 50.4 Å². The van der Waals surface area contributed by atoms with Gasteiger partial charge in [-0.2, -0.15) is 5.10 Å². The number of nitrogens with one attached hydrogen (secondary N) is 1. The van der Waals surface area contributed by atoms with E-state index in [1.165, 1.54) is 22.9 Å². The first-order valence-corrected chi connectivity index (χ1v) is 7.91. The first-order valence-electron chi connectivity index (χ1n) is 6.92. The third-order valence-electron chi connectivity index (χ3n) is 3.25. The highest BCUT2D eigenvalue weighted by Crippen LogP contribution is 2.17. The second kappa shape index (κ2) is 6.25. The van der Waals surface area contributed by atoms with Crippen molar-refractivity contribution in [3.8, 4) is 5.69 Å². The Kier molecular flexibility index (Phi) is 4.16. The van der Waals surface area contributed by atoms with Gasteiger partial charge in [0.05, 0.1) is 17.6 Å². The summed E-state index contributed by atoms with van der Waals surface area (Å²) in [6.07, 6.45) is 1.49. The lowest BCUT2D eigenvalue weighted by Gasteiger charge is -2.09. The Balaban J connectivity index is 1.99. The van der Waals surface area contributed by atoms with E-state index in [0.717, 1.165) is 5.69 Å². The molecule has 7 nitrogen and oxygen atoms in total. The Morgan fingerprint density at radius 1 is 1.30 bits per heavy atom. The van der Waals surface area contributed by atoms with Crippen molar-refractivity contribution >= 4 is 28.7 Å². The maximum absolute atomic E-state index is 12.2. The van der Waals surface area contributed by atoms with Gasteiger partial charge in [0.15, 0.2) is 10.8 Å². The van der Waals surface area contributed by atoms with E-state index in [1.54, 1.807) is 18.8 Å². The highest BCUT2D eigenvalue weighted by molar-refractivity contribution is 7.99. The number of para-hydroxylation sites is 1. The number of benzene rings is 1. The molecular formula is C15H15N5O2S. The quantitative estimate of drug-likeness (QED) is 0.576. The Morgan fingerprint density at radius 2 is 2.04 bits per heavy atom. The number of carbonyl (C=O) groups excluding carboxylic acids is 1. The molecule has 0 aliphatic carbocycles. The van der Waals surface area contributed by atoms with Gasteiger partial charge in [0, 0.05) is 14.1 Å². The average molecular weight is 329 g/mol. The van der Waals surface area contributed by atoms with Crippen LogP contribution in [0.1, 0.15) is 0 Å². The van der Waals surface area contributed by atoms with Gasteiger partial charge in [-0.15, -0.1) is 0 Å². The van der Waals surface area contributed by atoms with Crippen LogP contribution in [0.5, 0.6) is 0 Å². The molecule has 2 aromatic heterocycles. The Labute approximate surface area is 136 Å². The van der Waals surface area contributed by atoms with Crippen LogP contribution in [0.15, 0.2) is 46.5 Å². The molecule has 0 spiro atoms. The van der Waals surface area contributed by atoms with E-state index in [-0.39, 0.29) is 17.2 Å². The van der Waals surface area contributed by atoms with E-state index < -0.39 is 0 Å². The van der Waals surface area contributed by atoms with Crippen LogP contribution in [0.4, 0.5) is 0 Å². The Morgan fingerprint density at radius 3 is 2.74 bits per heavy atom. The topological polar surface area (TPSA) is 83.9 Å². The van der Waals surface area contributed by atoms with Crippen molar-refractivity contribution in [2.45, 2.75) is 5.16 Å². The van der Waals surface area contributed by atoms with Crippen LogP contribution in [0, 0.1) is 0 Å². The molecule has 1 N–H and O–H groups in total. The number of aromatic nitrogens is 4. The molecule has 2 heterocycles. The zero-order valence-electron chi connectivity index (χ0n) is 12.7. The summed E-state index contributed by atoms with van der Waals surface area (Å²) in [5.41, 5.74) is 1.03. The van der Waals surface area contributed by atoms with E-state index in [2.05, 4.69) is 15.1 Å². The zero-order chi connectivity index (χ0) is 16.4. The summed E-state index contributed by atoms with van der Waals surface area (Å²) in [7, 11) is 3.37. The molecule has 3 aromatic rings. The SMILES string of the molecule is CN(C)C(=O)CSc1nc2c(cnn2-c2ccccc2)c(=O)[nH]1. The lowest BCUT2D eigenvalue weighted by Crippen LogP contribution is -2.23. The van der Waals surface area contributed by atoms with Crippen LogP contribution in [0.25, 0.3) is 16.7 Å². The van der Waals surface area contributed by atoms with E-state index in [1.807, 2.05) is 30.3 Å². The average Bonchev–Trinajstić information content (AvgIpc) is 2.97. The number of carbonyl (C=O) groups is 1. The van der Waals surface area contributed by atoms with Gasteiger partial charge >= 0.3 is 0 Å². The molecule has 0 radical (unpaired) electrons. The molecule has 0 saturated heterocycles. The van der Waals surface area contributed by atoms with Crippen molar-refractivity contribution in [2.24, 2.45) is 0 Å². The molecule has 23 heavy (non-hydrogen) atoms. The third kappa shape index (κ3) is 3.11. The van der Waals surface area contributed by atoms with Crippen molar-refractivity contribution < 1.29 is 4.79 Å². The summed E-state index contributed by atoms with van der Waals surface area (Å²) < 4.78 is 1.61. The summed E-state index contributed by atoms with van der Waals surface area (Å²) in [5, 5.41) is 5.05. The molecule has 118 valence electrons. The van der Waals surface area contributed by atoms with E-state index in [4.69, 9.17) is 0 Å². The van der Waals surface area contributed by atoms with Crippen molar-refractivity contribution in [3.05, 3.63) is 46.9 Å². The normalized spacial score (nSPS) is 10.9. The summed E-state index contributed by atoms with van der Waals surface area (Å²) in [4.78, 5) is 32.5. The number of fused-ring (bicyclic) bond motifs is 1. The van der Waals surface area contributed by atoms with Crippen LogP contribution >= 0.6 is 11.8 Å². The number of aromatic amines is 1. The van der Waals surface area contributed by atoms with E-state index >= 15 is 0 Å². The number of hydrogen-bond donors (Lipinski definition) is 1. The highest BCUT2D eigenvalue weighted by Gasteiger charge is 2.13. The van der Waals surface area contributed by atoms with Gasteiger partial charge in [-0.25, -0.2) is 9.67 Å². The minimum Gasteiger partial charge on any atom is -0.348 e. The van der Waals surface area contributed by atoms with Crippen molar-refractivity contribution in [2.75, 3.05) is 19.8 Å². The third-order valence-corrected chi connectivity index (χ3v) is 4.11. The molecule has 0 bridgehead atoms. The maximum atomic E-state index is 12.2. The van der Waals surface area contributed by atoms with Crippen LogP contribution in [0.2, 0.25) is 0 Å². The van der Waals surface area contributed by atoms with Crippen molar-refractivity contribution in [3.63, 3.8) is 0 Å². The lowest BCUT2D eigenvalue weighted by atomic mass is 10.3. The molecule has 0 atom stereocenters. The number of hydrogen-bond acceptors (Lipinski definition) is 5. The molecular weight excluding hydrogens is 314 g/mol. The number of thioether (sulfide) groups is 1. The summed E-state index contributed by atoms with van der Waals surface area (Å²) in [6, 6.07) is 9.46. The molecule has 1 amide bonds. The standard InChI is InChI=1S/C15H15N5O2S/c1-19(2)12(21)9-23-15-17-13-11(14(22)18-15)8-16-20(13)10-6-4-3-5-7-10/h3-8H,9H2,1-2H3,(H,17,18,22). The van der Waals surface area contributed by atoms with Crippen LogP contribution < -0.4 is 5.56 Å². The molecule has 1 aromatic carbocycles. The van der Waals surface area contributed by atoms with E-state index in [9.17, 15) is 9.59 Å². The smallest absolute Gasteiger partial charge is 0.262 e. The molecule has 8 heteroatoms. The lowest BCUT2D eigenvalue weighted by molar-refractivity contribution is -0.125. The van der Waals surface area contributed by atoms with Gasteiger partial charge in [0.1, 0.15) is 5.39 Å². The first kappa shape index (κ1) is 15.3. The molecule has 0 saturated carbocycles. The van der Waals surface area contributed by atoms with Gasteiger partial charge < -0.3 is 9.88 Å². The first-order chi connectivity index (χ1) is 11.1. The predicted molar refractivity (Wildman–Crippen MR) is 88.9 cm³/mol. The van der Waals surface area contributed by atoms with Gasteiger partial charge in [-0.05, 0) is 12.1 Å². The molecule has 0 aliphatic rings. The largest absolute Gasteiger partial charge is 0.348 e. The summed E-state index contributed by atoms with van der Waals surface area (Å²) in [5.74, 6) is 0.162. The fraction of sp³-hybridized carbons (Fsp3) is 0.200. The van der Waals surface area contributed by atoms with Crippen LogP contribution in [0.3, 0.4) is 0 Å². The number of amides is 1. The van der Waals surface area contributed by atoms with Crippen molar-refractivity contribution in [1.82, 2.24) is 24.6 Å². The summed E-state index contributed by atoms with van der Waals surface area (Å²) in [6.45, 7) is 0. The van der Waals surface area contributed by atoms with Crippen molar-refractivity contribution in [1.29, 1.82) is 0 Å². The Hall–Kier alpha value is -2.61. The second-order valence-corrected chi connectivity index (χ2v) is 6.04. The van der Waals surface area contributed by atoms with Gasteiger partial charge in [-0.3, -0.25) is 9.59 Å². The molecule has 0 unspecified atom stereocenters. The van der Waals surface area contributed by atoms with Gasteiger partial charge in [0.2, 0.25) is 5.91 Å². The van der Waals surface area contributed by atoms with E-state index in [0.29, 0.717) is 16.2 Å². The van der Waals surface area contributed by atoms with Crippen LogP contribution in [-0.2, 0) is 4.79 Å². The zero-order valence-corrected chi connectivity index (χ0v) is 13.5. The Bertz CT molecular complexity index is 901. The molecule has 0 fully saturated rings. The minimum atomic E-state index is -0.267. The second-order valence-electron chi connectivity index (χ2n) is 5.08. The maximum Gasteiger partial charge on any atom is 0.262 e. The molecule has 0 aliphatic heterocycles.